The molecule has 2 aromatic rings. The highest BCUT2D eigenvalue weighted by atomic mass is 16.5. The minimum Gasteiger partial charge on any atom is -0.497 e. The van der Waals surface area contributed by atoms with E-state index in [4.69, 9.17) is 4.74 Å². The third-order valence-corrected chi connectivity index (χ3v) is 5.05. The Hall–Kier alpha value is -3.28. The number of methoxy groups -OCH3 is 1. The van der Waals surface area contributed by atoms with Crippen LogP contribution in [0.5, 0.6) is 5.75 Å². The largest absolute Gasteiger partial charge is 0.497 e. The normalized spacial score (nSPS) is 18.9. The maximum absolute atomic E-state index is 13.1. The molecule has 1 atom stereocenters. The highest BCUT2D eigenvalue weighted by Crippen LogP contribution is 2.34. The Morgan fingerprint density at radius 2 is 1.85 bits per heavy atom. The van der Waals surface area contributed by atoms with E-state index in [-0.39, 0.29) is 11.9 Å². The highest BCUT2D eigenvalue weighted by molar-refractivity contribution is 6.01. The van der Waals surface area contributed by atoms with E-state index in [9.17, 15) is 9.59 Å². The number of benzene rings is 2. The van der Waals surface area contributed by atoms with Crippen LogP contribution in [0.1, 0.15) is 22.7 Å². The zero-order chi connectivity index (χ0) is 19.0. The summed E-state index contributed by atoms with van der Waals surface area (Å²) in [4.78, 5) is 27.0. The van der Waals surface area contributed by atoms with Crippen molar-refractivity contribution in [2.75, 3.05) is 13.7 Å². The van der Waals surface area contributed by atoms with E-state index in [1.54, 1.807) is 12.0 Å². The zero-order valence-electron chi connectivity index (χ0n) is 15.3. The summed E-state index contributed by atoms with van der Waals surface area (Å²) in [5.41, 5.74) is 4.30. The van der Waals surface area contributed by atoms with Gasteiger partial charge in [-0.3, -0.25) is 4.79 Å². The molecule has 2 aliphatic heterocycles. The summed E-state index contributed by atoms with van der Waals surface area (Å²) >= 11 is 0. The molecular weight excluding hydrogens is 342 g/mol. The van der Waals surface area contributed by atoms with Gasteiger partial charge in [0.15, 0.2) is 0 Å². The molecule has 0 aliphatic carbocycles. The van der Waals surface area contributed by atoms with Gasteiger partial charge in [0, 0.05) is 6.54 Å². The molecule has 3 amide bonds. The summed E-state index contributed by atoms with van der Waals surface area (Å²) in [6.45, 7) is 2.86. The molecule has 4 rings (SSSR count). The second kappa shape index (κ2) is 6.79. The van der Waals surface area contributed by atoms with Crippen molar-refractivity contribution in [3.8, 4) is 5.75 Å². The van der Waals surface area contributed by atoms with Crippen LogP contribution >= 0.6 is 0 Å². The minimum absolute atomic E-state index is 0.0541. The Labute approximate surface area is 157 Å². The molecule has 6 heteroatoms. The summed E-state index contributed by atoms with van der Waals surface area (Å²) in [7, 11) is 1.62. The Kier molecular flexibility index (Phi) is 4.32. The van der Waals surface area contributed by atoms with Gasteiger partial charge in [-0.05, 0) is 35.7 Å². The molecule has 0 fully saturated rings. The number of nitrogens with one attached hydrogen (secondary N) is 2. The first-order valence-corrected chi connectivity index (χ1v) is 8.85. The Morgan fingerprint density at radius 1 is 1.11 bits per heavy atom. The van der Waals surface area contributed by atoms with Crippen molar-refractivity contribution in [2.45, 2.75) is 19.5 Å². The second-order valence-electron chi connectivity index (χ2n) is 6.79. The van der Waals surface area contributed by atoms with Crippen LogP contribution in [0, 0.1) is 6.92 Å². The molecule has 2 heterocycles. The predicted molar refractivity (Wildman–Crippen MR) is 101 cm³/mol. The first kappa shape index (κ1) is 17.1. The van der Waals surface area contributed by atoms with Crippen molar-refractivity contribution < 1.29 is 14.3 Å². The van der Waals surface area contributed by atoms with Crippen molar-refractivity contribution in [1.29, 1.82) is 0 Å². The Balaban J connectivity index is 1.61. The average Bonchev–Trinajstić information content (AvgIpc) is 2.97. The summed E-state index contributed by atoms with van der Waals surface area (Å²) in [6.07, 6.45) is 0. The van der Waals surface area contributed by atoms with E-state index >= 15 is 0 Å². The maximum Gasteiger partial charge on any atom is 0.319 e. The van der Waals surface area contributed by atoms with Crippen molar-refractivity contribution in [2.24, 2.45) is 0 Å². The quantitative estimate of drug-likeness (QED) is 0.877. The lowest BCUT2D eigenvalue weighted by Crippen LogP contribution is -2.44. The maximum atomic E-state index is 13.1. The van der Waals surface area contributed by atoms with E-state index in [0.717, 1.165) is 22.4 Å². The molecule has 0 spiro atoms. The van der Waals surface area contributed by atoms with Gasteiger partial charge in [0.2, 0.25) is 0 Å². The van der Waals surface area contributed by atoms with E-state index < -0.39 is 6.04 Å². The van der Waals surface area contributed by atoms with Gasteiger partial charge < -0.3 is 20.3 Å². The highest BCUT2D eigenvalue weighted by Gasteiger charge is 2.40. The van der Waals surface area contributed by atoms with E-state index in [1.165, 1.54) is 0 Å². The SMILES string of the molecule is COc1ccc(CN2CC3=C(C2=O)C(c2ccccc2C)NC(=O)N3)cc1. The summed E-state index contributed by atoms with van der Waals surface area (Å²) in [5.74, 6) is 0.724. The number of ether oxygens (including phenoxy) is 1. The van der Waals surface area contributed by atoms with Crippen molar-refractivity contribution in [3.63, 3.8) is 0 Å². The van der Waals surface area contributed by atoms with E-state index in [2.05, 4.69) is 10.6 Å². The Bertz CT molecular complexity index is 934. The van der Waals surface area contributed by atoms with E-state index in [1.807, 2.05) is 55.5 Å². The number of hydrogen-bond donors (Lipinski definition) is 2. The topological polar surface area (TPSA) is 70.7 Å². The van der Waals surface area contributed by atoms with Crippen LogP contribution in [0.4, 0.5) is 4.79 Å². The van der Waals surface area contributed by atoms with Crippen LogP contribution in [0.3, 0.4) is 0 Å². The number of hydrogen-bond acceptors (Lipinski definition) is 3. The molecule has 27 heavy (non-hydrogen) atoms. The molecule has 0 aromatic heterocycles. The van der Waals surface area contributed by atoms with Crippen LogP contribution < -0.4 is 15.4 Å². The van der Waals surface area contributed by atoms with E-state index in [0.29, 0.717) is 24.4 Å². The molecule has 0 bridgehead atoms. The summed E-state index contributed by atoms with van der Waals surface area (Å²) in [6, 6.07) is 14.7. The molecular formula is C21H21N3O3. The van der Waals surface area contributed by atoms with Crippen LogP contribution in [-0.2, 0) is 11.3 Å². The third-order valence-electron chi connectivity index (χ3n) is 5.05. The second-order valence-corrected chi connectivity index (χ2v) is 6.79. The molecule has 2 aliphatic rings. The molecule has 2 N–H and O–H groups in total. The number of amides is 3. The number of nitrogens with zero attached hydrogens (tertiary/aromatic N) is 1. The smallest absolute Gasteiger partial charge is 0.319 e. The Morgan fingerprint density at radius 3 is 2.56 bits per heavy atom. The number of rotatable bonds is 4. The average molecular weight is 363 g/mol. The first-order chi connectivity index (χ1) is 13.1. The van der Waals surface area contributed by atoms with Crippen LogP contribution in [0.2, 0.25) is 0 Å². The summed E-state index contributed by atoms with van der Waals surface area (Å²) in [5, 5.41) is 5.71. The predicted octanol–water partition coefficient (Wildman–Crippen LogP) is 2.65. The molecule has 138 valence electrons. The van der Waals surface area contributed by atoms with Gasteiger partial charge in [0.05, 0.1) is 31.0 Å². The minimum atomic E-state index is -0.427. The van der Waals surface area contributed by atoms with Gasteiger partial charge in [-0.15, -0.1) is 0 Å². The van der Waals surface area contributed by atoms with Gasteiger partial charge in [0.1, 0.15) is 5.75 Å². The van der Waals surface area contributed by atoms with Crippen LogP contribution in [0.25, 0.3) is 0 Å². The number of carbonyl (C=O) groups excluding carboxylic acids is 2. The molecule has 0 radical (unpaired) electrons. The fraction of sp³-hybridized carbons (Fsp3) is 0.238. The number of aryl methyl sites for hydroxylation is 1. The third kappa shape index (κ3) is 3.14. The lowest BCUT2D eigenvalue weighted by molar-refractivity contribution is -0.126. The van der Waals surface area contributed by atoms with Gasteiger partial charge in [-0.2, -0.15) is 0 Å². The van der Waals surface area contributed by atoms with Gasteiger partial charge in [-0.25, -0.2) is 4.79 Å². The first-order valence-electron chi connectivity index (χ1n) is 8.85. The van der Waals surface area contributed by atoms with Crippen LogP contribution in [-0.4, -0.2) is 30.5 Å². The summed E-state index contributed by atoms with van der Waals surface area (Å²) < 4.78 is 5.18. The van der Waals surface area contributed by atoms with Gasteiger partial charge in [-0.1, -0.05) is 36.4 Å². The zero-order valence-corrected chi connectivity index (χ0v) is 15.3. The fourth-order valence-electron chi connectivity index (χ4n) is 3.65. The van der Waals surface area contributed by atoms with Gasteiger partial charge in [0.25, 0.3) is 5.91 Å². The number of urea groups is 1. The standard InChI is InChI=1S/C21H21N3O3/c1-13-5-3-4-6-16(13)19-18-17(22-21(26)23-19)12-24(20(18)25)11-14-7-9-15(27-2)10-8-14/h3-10,19H,11-12H2,1-2H3,(H2,22,23,26). The van der Waals surface area contributed by atoms with Gasteiger partial charge >= 0.3 is 6.03 Å². The molecule has 2 aromatic carbocycles. The lowest BCUT2D eigenvalue weighted by atomic mass is 9.93. The van der Waals surface area contributed by atoms with Crippen LogP contribution in [0.15, 0.2) is 59.8 Å². The molecule has 1 unspecified atom stereocenters. The molecule has 0 saturated carbocycles. The van der Waals surface area contributed by atoms with Crippen molar-refractivity contribution in [3.05, 3.63) is 76.5 Å². The van der Waals surface area contributed by atoms with Crippen molar-refractivity contribution >= 4 is 11.9 Å². The number of carbonyl (C=O) groups is 2. The fourth-order valence-corrected chi connectivity index (χ4v) is 3.65. The molecule has 6 nitrogen and oxygen atoms in total. The van der Waals surface area contributed by atoms with Crippen molar-refractivity contribution in [1.82, 2.24) is 15.5 Å². The monoisotopic (exact) mass is 363 g/mol. The molecule has 0 saturated heterocycles. The lowest BCUT2D eigenvalue weighted by Gasteiger charge is -2.26.